The molecule has 0 fully saturated rings. The molecule has 0 aliphatic heterocycles. The van der Waals surface area contributed by atoms with E-state index < -0.39 is 11.9 Å². The molecule has 1 N–H and O–H groups in total. The van der Waals surface area contributed by atoms with Crippen LogP contribution in [-0.4, -0.2) is 38.3 Å². The van der Waals surface area contributed by atoms with Gasteiger partial charge in [-0.15, -0.1) is 0 Å². The molecule has 3 aromatic carbocycles. The Bertz CT molecular complexity index is 848. The number of hydrogen-bond acceptors (Lipinski definition) is 6. The van der Waals surface area contributed by atoms with Crippen molar-refractivity contribution in [3.05, 3.63) is 96.1 Å². The van der Waals surface area contributed by atoms with Crippen LogP contribution in [0.1, 0.15) is 20.7 Å². The Hall–Kier alpha value is -3.80. The quantitative estimate of drug-likeness (QED) is 0.403. The minimum Gasteiger partial charge on any atom is -0.490 e. The van der Waals surface area contributed by atoms with Gasteiger partial charge >= 0.3 is 11.9 Å². The van der Waals surface area contributed by atoms with Gasteiger partial charge in [0.1, 0.15) is 25.6 Å². The van der Waals surface area contributed by atoms with Gasteiger partial charge in [-0.2, -0.15) is 0 Å². The minimum atomic E-state index is -0.473. The largest absolute Gasteiger partial charge is 0.490 e. The third-order valence-electron chi connectivity index (χ3n) is 4.12. The molecule has 3 rings (SSSR count). The number of rotatable bonds is 10. The van der Waals surface area contributed by atoms with Crippen molar-refractivity contribution in [3.63, 3.8) is 0 Å². The highest BCUT2D eigenvalue weighted by Crippen LogP contribution is 2.10. The molecule has 0 atom stereocenters. The smallest absolute Gasteiger partial charge is 0.338 e. The molecule has 0 bridgehead atoms. The highest BCUT2D eigenvalue weighted by molar-refractivity contribution is 5.93. The van der Waals surface area contributed by atoms with E-state index in [0.717, 1.165) is 11.4 Å². The van der Waals surface area contributed by atoms with E-state index >= 15 is 0 Å². The Kier molecular flexibility index (Phi) is 7.85. The molecule has 0 aliphatic rings. The van der Waals surface area contributed by atoms with Crippen molar-refractivity contribution < 1.29 is 23.8 Å². The van der Waals surface area contributed by atoms with Crippen molar-refractivity contribution in [1.29, 1.82) is 0 Å². The second-order valence-electron chi connectivity index (χ2n) is 6.30. The monoisotopic (exact) mass is 405 g/mol. The summed E-state index contributed by atoms with van der Waals surface area (Å²) in [6, 6.07) is 25.1. The van der Waals surface area contributed by atoms with E-state index in [1.807, 2.05) is 60.7 Å². The second kappa shape index (κ2) is 11.3. The number of hydrogen-bond donors (Lipinski definition) is 1. The van der Waals surface area contributed by atoms with Gasteiger partial charge in [0.25, 0.3) is 0 Å². The van der Waals surface area contributed by atoms with Crippen molar-refractivity contribution >= 4 is 17.6 Å². The van der Waals surface area contributed by atoms with Crippen LogP contribution in [0.25, 0.3) is 0 Å². The fourth-order valence-electron chi connectivity index (χ4n) is 2.61. The zero-order valence-electron chi connectivity index (χ0n) is 16.5. The molecule has 0 amide bonds. The SMILES string of the molecule is O=C(OCCNc1ccccc1)c1ccc(C(=O)OCCOc2ccccc2)cc1. The van der Waals surface area contributed by atoms with Crippen LogP contribution in [-0.2, 0) is 9.47 Å². The summed E-state index contributed by atoms with van der Waals surface area (Å²) in [5.74, 6) is -0.199. The van der Waals surface area contributed by atoms with Crippen molar-refractivity contribution in [2.75, 3.05) is 31.7 Å². The predicted molar refractivity (Wildman–Crippen MR) is 114 cm³/mol. The molecule has 0 saturated carbocycles. The van der Waals surface area contributed by atoms with E-state index in [0.29, 0.717) is 17.7 Å². The maximum Gasteiger partial charge on any atom is 0.338 e. The lowest BCUT2D eigenvalue weighted by Crippen LogP contribution is -2.14. The highest BCUT2D eigenvalue weighted by atomic mass is 16.6. The van der Waals surface area contributed by atoms with Gasteiger partial charge in [0.2, 0.25) is 0 Å². The normalized spacial score (nSPS) is 10.1. The number of carbonyl (C=O) groups excluding carboxylic acids is 2. The van der Waals surface area contributed by atoms with Crippen molar-refractivity contribution in [3.8, 4) is 5.75 Å². The first-order valence-electron chi connectivity index (χ1n) is 9.63. The van der Waals surface area contributed by atoms with Gasteiger partial charge in [0.05, 0.1) is 11.1 Å². The van der Waals surface area contributed by atoms with E-state index in [-0.39, 0.29) is 19.8 Å². The first kappa shape index (κ1) is 20.9. The summed E-state index contributed by atoms with van der Waals surface area (Å²) >= 11 is 0. The Morgan fingerprint density at radius 1 is 0.633 bits per heavy atom. The molecule has 0 heterocycles. The Morgan fingerprint density at radius 3 is 1.77 bits per heavy atom. The zero-order valence-corrected chi connectivity index (χ0v) is 16.5. The zero-order chi connectivity index (χ0) is 21.0. The third-order valence-corrected chi connectivity index (χ3v) is 4.12. The van der Waals surface area contributed by atoms with E-state index in [1.165, 1.54) is 0 Å². The van der Waals surface area contributed by atoms with Crippen molar-refractivity contribution in [2.45, 2.75) is 0 Å². The number of para-hydroxylation sites is 2. The molecule has 0 aromatic heterocycles. The summed E-state index contributed by atoms with van der Waals surface area (Å²) < 4.78 is 15.9. The van der Waals surface area contributed by atoms with Gasteiger partial charge in [-0.25, -0.2) is 9.59 Å². The average molecular weight is 405 g/mol. The van der Waals surface area contributed by atoms with Crippen LogP contribution in [0.5, 0.6) is 5.75 Å². The summed E-state index contributed by atoms with van der Waals surface area (Å²) in [6.45, 7) is 1.13. The van der Waals surface area contributed by atoms with E-state index in [1.54, 1.807) is 24.3 Å². The molecule has 30 heavy (non-hydrogen) atoms. The molecule has 3 aromatic rings. The Morgan fingerprint density at radius 2 is 1.17 bits per heavy atom. The average Bonchev–Trinajstić information content (AvgIpc) is 2.81. The van der Waals surface area contributed by atoms with Crippen LogP contribution in [0.3, 0.4) is 0 Å². The molecule has 154 valence electrons. The maximum atomic E-state index is 12.1. The minimum absolute atomic E-state index is 0.131. The lowest BCUT2D eigenvalue weighted by Gasteiger charge is -2.09. The number of ether oxygens (including phenoxy) is 3. The third kappa shape index (κ3) is 6.67. The molecule has 6 nitrogen and oxygen atoms in total. The van der Waals surface area contributed by atoms with Crippen molar-refractivity contribution in [2.24, 2.45) is 0 Å². The number of anilines is 1. The summed E-state index contributed by atoms with van der Waals surface area (Å²) in [4.78, 5) is 24.2. The van der Waals surface area contributed by atoms with Crippen LogP contribution in [0.15, 0.2) is 84.9 Å². The fourth-order valence-corrected chi connectivity index (χ4v) is 2.61. The molecule has 0 spiro atoms. The van der Waals surface area contributed by atoms with Crippen LogP contribution >= 0.6 is 0 Å². The second-order valence-corrected chi connectivity index (χ2v) is 6.30. The Labute approximate surface area is 175 Å². The molecule has 0 aliphatic carbocycles. The van der Waals surface area contributed by atoms with Gasteiger partial charge in [0, 0.05) is 12.2 Å². The van der Waals surface area contributed by atoms with Gasteiger partial charge in [-0.05, 0) is 48.5 Å². The summed E-state index contributed by atoms with van der Waals surface area (Å²) in [5.41, 5.74) is 1.70. The molecular formula is C24H23NO5. The lowest BCUT2D eigenvalue weighted by atomic mass is 10.1. The number of nitrogens with one attached hydrogen (secondary N) is 1. The van der Waals surface area contributed by atoms with Crippen molar-refractivity contribution in [1.82, 2.24) is 0 Å². The topological polar surface area (TPSA) is 73.9 Å². The number of esters is 2. The molecular weight excluding hydrogens is 382 g/mol. The molecule has 0 unspecified atom stereocenters. The molecule has 6 heteroatoms. The van der Waals surface area contributed by atoms with Crippen LogP contribution in [0.2, 0.25) is 0 Å². The lowest BCUT2D eigenvalue weighted by molar-refractivity contribution is 0.0448. The fraction of sp³-hybridized carbons (Fsp3) is 0.167. The van der Waals surface area contributed by atoms with Gasteiger partial charge in [0.15, 0.2) is 0 Å². The van der Waals surface area contributed by atoms with E-state index in [2.05, 4.69) is 5.32 Å². The van der Waals surface area contributed by atoms with E-state index in [4.69, 9.17) is 14.2 Å². The molecule has 0 saturated heterocycles. The van der Waals surface area contributed by atoms with Gasteiger partial charge in [-0.1, -0.05) is 36.4 Å². The summed E-state index contributed by atoms with van der Waals surface area (Å²) in [6.07, 6.45) is 0. The van der Waals surface area contributed by atoms with Crippen LogP contribution in [0.4, 0.5) is 5.69 Å². The first-order valence-corrected chi connectivity index (χ1v) is 9.63. The highest BCUT2D eigenvalue weighted by Gasteiger charge is 2.11. The summed E-state index contributed by atoms with van der Waals surface area (Å²) in [5, 5.41) is 3.16. The predicted octanol–water partition coefficient (Wildman–Crippen LogP) is 4.19. The number of benzene rings is 3. The van der Waals surface area contributed by atoms with Crippen LogP contribution in [0, 0.1) is 0 Å². The first-order chi connectivity index (χ1) is 14.7. The summed E-state index contributed by atoms with van der Waals surface area (Å²) in [7, 11) is 0. The molecule has 0 radical (unpaired) electrons. The number of carbonyl (C=O) groups is 2. The van der Waals surface area contributed by atoms with Gasteiger partial charge < -0.3 is 19.5 Å². The standard InChI is InChI=1S/C24H23NO5/c26-23(29-16-15-25-21-7-3-1-4-8-21)19-11-13-20(14-12-19)24(27)30-18-17-28-22-9-5-2-6-10-22/h1-14,25H,15-18H2. The van der Waals surface area contributed by atoms with Gasteiger partial charge in [-0.3, -0.25) is 0 Å². The Balaban J connectivity index is 1.36. The van der Waals surface area contributed by atoms with Crippen LogP contribution < -0.4 is 10.1 Å². The maximum absolute atomic E-state index is 12.1. The van der Waals surface area contributed by atoms with E-state index in [9.17, 15) is 9.59 Å².